The molecule has 0 radical (unpaired) electrons. The van der Waals surface area contributed by atoms with E-state index in [1.807, 2.05) is 22.3 Å². The quantitative estimate of drug-likeness (QED) is 0.724. The summed E-state index contributed by atoms with van der Waals surface area (Å²) in [4.78, 5) is 0. The normalized spacial score (nSPS) is 18.4. The van der Waals surface area contributed by atoms with Crippen LogP contribution in [-0.2, 0) is 0 Å². The minimum atomic E-state index is -0.146. The largest absolute Gasteiger partial charge is 0.323 e. The van der Waals surface area contributed by atoms with E-state index >= 15 is 0 Å². The first kappa shape index (κ1) is 9.30. The third kappa shape index (κ3) is 2.36. The van der Waals surface area contributed by atoms with E-state index in [0.717, 1.165) is 12.1 Å². The number of halogens is 1. The SMILES string of the molecule is N#CC[C@H](N)C1=CCN(Br)C=C1. The molecule has 2 N–H and O–H groups in total. The Morgan fingerprint density at radius 3 is 3.08 bits per heavy atom. The van der Waals surface area contributed by atoms with Crippen molar-refractivity contribution >= 4 is 16.1 Å². The molecule has 12 heavy (non-hydrogen) atoms. The monoisotopic (exact) mass is 227 g/mol. The van der Waals surface area contributed by atoms with Crippen LogP contribution in [0.25, 0.3) is 0 Å². The molecule has 0 amide bonds. The predicted molar refractivity (Wildman–Crippen MR) is 51.1 cm³/mol. The van der Waals surface area contributed by atoms with Gasteiger partial charge in [0.2, 0.25) is 0 Å². The summed E-state index contributed by atoms with van der Waals surface area (Å²) in [5, 5.41) is 8.42. The van der Waals surface area contributed by atoms with E-state index in [2.05, 4.69) is 22.2 Å². The van der Waals surface area contributed by atoms with E-state index < -0.39 is 0 Å². The second-order valence-corrected chi connectivity index (χ2v) is 3.48. The zero-order valence-corrected chi connectivity index (χ0v) is 8.16. The average molecular weight is 228 g/mol. The van der Waals surface area contributed by atoms with Gasteiger partial charge in [0.25, 0.3) is 0 Å². The van der Waals surface area contributed by atoms with Gasteiger partial charge in [-0.05, 0) is 11.6 Å². The highest BCUT2D eigenvalue weighted by molar-refractivity contribution is 9.07. The minimum absolute atomic E-state index is 0.146. The molecule has 1 heterocycles. The summed E-state index contributed by atoms with van der Waals surface area (Å²) >= 11 is 3.30. The lowest BCUT2D eigenvalue weighted by molar-refractivity contribution is 0.689. The predicted octanol–water partition coefficient (Wildman–Crippen LogP) is 1.29. The number of hydrogen-bond donors (Lipinski definition) is 1. The molecule has 1 aliphatic heterocycles. The van der Waals surface area contributed by atoms with Crippen molar-refractivity contribution in [3.63, 3.8) is 0 Å². The molecular formula is C8H10BrN3. The van der Waals surface area contributed by atoms with Crippen molar-refractivity contribution in [3.8, 4) is 6.07 Å². The molecule has 1 atom stereocenters. The molecular weight excluding hydrogens is 218 g/mol. The van der Waals surface area contributed by atoms with Gasteiger partial charge in [0.1, 0.15) is 0 Å². The van der Waals surface area contributed by atoms with Crippen LogP contribution < -0.4 is 5.73 Å². The lowest BCUT2D eigenvalue weighted by Gasteiger charge is -2.17. The third-order valence-electron chi connectivity index (χ3n) is 1.67. The van der Waals surface area contributed by atoms with E-state index in [1.54, 1.807) is 0 Å². The van der Waals surface area contributed by atoms with Gasteiger partial charge >= 0.3 is 0 Å². The molecule has 1 aliphatic rings. The number of nitrogens with zero attached hydrogens (tertiary/aromatic N) is 2. The van der Waals surface area contributed by atoms with Crippen LogP contribution in [0.1, 0.15) is 6.42 Å². The average Bonchev–Trinajstić information content (AvgIpc) is 2.06. The first-order valence-electron chi connectivity index (χ1n) is 3.67. The van der Waals surface area contributed by atoms with Crippen molar-refractivity contribution in [1.82, 2.24) is 3.93 Å². The summed E-state index contributed by atoms with van der Waals surface area (Å²) in [6, 6.07) is 1.91. The van der Waals surface area contributed by atoms with E-state index in [-0.39, 0.29) is 6.04 Å². The highest BCUT2D eigenvalue weighted by Crippen LogP contribution is 2.13. The summed E-state index contributed by atoms with van der Waals surface area (Å²) in [7, 11) is 0. The third-order valence-corrected chi connectivity index (χ3v) is 2.20. The van der Waals surface area contributed by atoms with Crippen molar-refractivity contribution in [2.24, 2.45) is 5.73 Å². The first-order chi connectivity index (χ1) is 5.74. The molecule has 3 nitrogen and oxygen atoms in total. The van der Waals surface area contributed by atoms with Crippen LogP contribution in [0.5, 0.6) is 0 Å². The lowest BCUT2D eigenvalue weighted by atomic mass is 10.0. The Labute approximate surface area is 80.5 Å². The summed E-state index contributed by atoms with van der Waals surface area (Å²) in [6.45, 7) is 0.797. The maximum atomic E-state index is 8.42. The zero-order valence-electron chi connectivity index (χ0n) is 6.57. The topological polar surface area (TPSA) is 53.1 Å². The Hall–Kier alpha value is -0.790. The van der Waals surface area contributed by atoms with Crippen molar-refractivity contribution in [2.45, 2.75) is 12.5 Å². The van der Waals surface area contributed by atoms with Crippen LogP contribution in [0.2, 0.25) is 0 Å². The fourth-order valence-electron chi connectivity index (χ4n) is 0.980. The van der Waals surface area contributed by atoms with Gasteiger partial charge in [-0.1, -0.05) is 6.08 Å². The second-order valence-electron chi connectivity index (χ2n) is 2.57. The molecule has 4 heteroatoms. The zero-order chi connectivity index (χ0) is 8.97. The highest BCUT2D eigenvalue weighted by Gasteiger charge is 2.09. The van der Waals surface area contributed by atoms with Gasteiger partial charge in [-0.15, -0.1) is 0 Å². The highest BCUT2D eigenvalue weighted by atomic mass is 79.9. The fraction of sp³-hybridized carbons (Fsp3) is 0.375. The molecule has 0 aliphatic carbocycles. The number of rotatable bonds is 2. The minimum Gasteiger partial charge on any atom is -0.323 e. The molecule has 0 saturated carbocycles. The summed E-state index contributed by atoms with van der Waals surface area (Å²) < 4.78 is 1.87. The second kappa shape index (κ2) is 4.29. The molecule has 64 valence electrons. The van der Waals surface area contributed by atoms with Crippen molar-refractivity contribution in [1.29, 1.82) is 5.26 Å². The van der Waals surface area contributed by atoms with Crippen LogP contribution in [-0.4, -0.2) is 16.5 Å². The Morgan fingerprint density at radius 1 is 1.83 bits per heavy atom. The van der Waals surface area contributed by atoms with E-state index in [0.29, 0.717) is 6.42 Å². The van der Waals surface area contributed by atoms with Crippen molar-refractivity contribution in [3.05, 3.63) is 23.9 Å². The van der Waals surface area contributed by atoms with Crippen LogP contribution in [0.3, 0.4) is 0 Å². The summed E-state index contributed by atoms with van der Waals surface area (Å²) in [6.07, 6.45) is 6.20. The van der Waals surface area contributed by atoms with Gasteiger partial charge in [0, 0.05) is 34.9 Å². The molecule has 0 saturated heterocycles. The number of hydrogen-bond acceptors (Lipinski definition) is 3. The molecule has 1 rings (SSSR count). The van der Waals surface area contributed by atoms with Gasteiger partial charge in [-0.2, -0.15) is 5.26 Å². The van der Waals surface area contributed by atoms with Gasteiger partial charge in [-0.3, -0.25) is 0 Å². The van der Waals surface area contributed by atoms with Gasteiger partial charge < -0.3 is 9.66 Å². The van der Waals surface area contributed by atoms with Crippen molar-refractivity contribution < 1.29 is 0 Å². The fourth-order valence-corrected chi connectivity index (χ4v) is 1.24. The summed E-state index contributed by atoms with van der Waals surface area (Å²) in [5.74, 6) is 0. The molecule has 0 aromatic carbocycles. The Morgan fingerprint density at radius 2 is 2.58 bits per heavy atom. The van der Waals surface area contributed by atoms with Gasteiger partial charge in [0.15, 0.2) is 0 Å². The lowest BCUT2D eigenvalue weighted by Crippen LogP contribution is -2.23. The molecule has 0 spiro atoms. The number of nitrogens with two attached hydrogens (primary N) is 1. The van der Waals surface area contributed by atoms with Gasteiger partial charge in [0.05, 0.1) is 12.5 Å². The van der Waals surface area contributed by atoms with Crippen LogP contribution in [0.15, 0.2) is 23.9 Å². The Kier molecular flexibility index (Phi) is 3.32. The number of nitriles is 1. The van der Waals surface area contributed by atoms with E-state index in [4.69, 9.17) is 11.0 Å². The Bertz CT molecular complexity index is 252. The Balaban J connectivity index is 2.55. The molecule has 0 aromatic heterocycles. The molecule has 0 aromatic rings. The maximum absolute atomic E-state index is 8.42. The molecule has 0 bridgehead atoms. The van der Waals surface area contributed by atoms with Crippen LogP contribution in [0, 0.1) is 11.3 Å². The standard InChI is InChI=1S/C8H10BrN3/c9-12-5-2-7(3-6-12)8(11)1-4-10/h2-3,5,8H,1,6,11H2/t8-/m0/s1. The smallest absolute Gasteiger partial charge is 0.0641 e. The van der Waals surface area contributed by atoms with E-state index in [9.17, 15) is 0 Å². The first-order valence-corrected chi connectivity index (χ1v) is 4.38. The maximum Gasteiger partial charge on any atom is 0.0641 e. The van der Waals surface area contributed by atoms with Gasteiger partial charge in [-0.25, -0.2) is 0 Å². The van der Waals surface area contributed by atoms with Crippen LogP contribution in [0.4, 0.5) is 0 Å². The van der Waals surface area contributed by atoms with Crippen LogP contribution >= 0.6 is 16.1 Å². The summed E-state index contributed by atoms with van der Waals surface area (Å²) in [5.41, 5.74) is 6.76. The van der Waals surface area contributed by atoms with Crippen molar-refractivity contribution in [2.75, 3.05) is 6.54 Å². The van der Waals surface area contributed by atoms with E-state index in [1.165, 1.54) is 0 Å². The molecule has 0 unspecified atom stereocenters. The molecule has 0 fully saturated rings.